The van der Waals surface area contributed by atoms with Gasteiger partial charge in [0.15, 0.2) is 0 Å². The van der Waals surface area contributed by atoms with E-state index in [1.165, 1.54) is 0 Å². The molecule has 0 bridgehead atoms. The van der Waals surface area contributed by atoms with Crippen molar-refractivity contribution in [2.75, 3.05) is 6.61 Å². The van der Waals surface area contributed by atoms with Gasteiger partial charge in [-0.15, -0.1) is 0 Å². The molecule has 1 heterocycles. The van der Waals surface area contributed by atoms with Gasteiger partial charge < -0.3 is 19.5 Å². The van der Waals surface area contributed by atoms with Crippen LogP contribution in [0.25, 0.3) is 0 Å². The van der Waals surface area contributed by atoms with Gasteiger partial charge in [0.2, 0.25) is 5.91 Å². The molecule has 1 saturated heterocycles. The number of carboxylic acid groups (broad SMARTS) is 1. The summed E-state index contributed by atoms with van der Waals surface area (Å²) in [7, 11) is 0. The van der Waals surface area contributed by atoms with E-state index in [0.29, 0.717) is 13.2 Å². The third kappa shape index (κ3) is 3.65. The van der Waals surface area contributed by atoms with E-state index in [1.807, 2.05) is 49.4 Å². The van der Waals surface area contributed by atoms with Crippen LogP contribution in [0.4, 0.5) is 0 Å². The molecular formula is C20H20NO4-. The first-order valence-electron chi connectivity index (χ1n) is 8.37. The lowest BCUT2D eigenvalue weighted by atomic mass is 9.93. The van der Waals surface area contributed by atoms with E-state index < -0.39 is 17.9 Å². The van der Waals surface area contributed by atoms with Crippen LogP contribution in [0.5, 0.6) is 5.75 Å². The second-order valence-electron chi connectivity index (χ2n) is 6.08. The monoisotopic (exact) mass is 338 g/mol. The molecule has 1 fully saturated rings. The SMILES string of the molecule is CCOc1ccc([C@H]2[C@H](C(=O)[O-])CC(=O)N2Cc2ccccc2)cc1. The summed E-state index contributed by atoms with van der Waals surface area (Å²) in [6, 6.07) is 16.3. The van der Waals surface area contributed by atoms with Crippen molar-refractivity contribution in [3.63, 3.8) is 0 Å². The predicted octanol–water partition coefficient (Wildman–Crippen LogP) is 1.92. The van der Waals surface area contributed by atoms with Crippen LogP contribution in [-0.4, -0.2) is 23.4 Å². The lowest BCUT2D eigenvalue weighted by Gasteiger charge is -2.29. The summed E-state index contributed by atoms with van der Waals surface area (Å²) in [6.45, 7) is 2.83. The summed E-state index contributed by atoms with van der Waals surface area (Å²) in [5, 5.41) is 11.6. The van der Waals surface area contributed by atoms with E-state index in [-0.39, 0.29) is 12.3 Å². The van der Waals surface area contributed by atoms with Crippen LogP contribution < -0.4 is 9.84 Å². The molecule has 130 valence electrons. The number of amides is 1. The molecule has 2 atom stereocenters. The Hall–Kier alpha value is -2.82. The molecule has 1 amide bonds. The summed E-state index contributed by atoms with van der Waals surface area (Å²) >= 11 is 0. The first kappa shape index (κ1) is 17.0. The van der Waals surface area contributed by atoms with Gasteiger partial charge in [0, 0.05) is 24.9 Å². The Morgan fingerprint density at radius 1 is 1.16 bits per heavy atom. The van der Waals surface area contributed by atoms with Crippen molar-refractivity contribution in [2.24, 2.45) is 5.92 Å². The Morgan fingerprint density at radius 3 is 2.44 bits per heavy atom. The van der Waals surface area contributed by atoms with Crippen molar-refractivity contribution in [3.8, 4) is 5.75 Å². The highest BCUT2D eigenvalue weighted by molar-refractivity contribution is 5.86. The van der Waals surface area contributed by atoms with Crippen LogP contribution in [0.1, 0.15) is 30.5 Å². The number of ether oxygens (including phenoxy) is 1. The zero-order valence-electron chi connectivity index (χ0n) is 14.1. The minimum atomic E-state index is -1.19. The number of hydrogen-bond acceptors (Lipinski definition) is 4. The average Bonchev–Trinajstić information content (AvgIpc) is 2.94. The van der Waals surface area contributed by atoms with E-state index in [1.54, 1.807) is 17.0 Å². The molecule has 1 aliphatic heterocycles. The molecule has 0 N–H and O–H groups in total. The Bertz CT molecular complexity index is 742. The molecule has 1 aliphatic rings. The highest BCUT2D eigenvalue weighted by atomic mass is 16.5. The standard InChI is InChI=1S/C20H21NO4/c1-2-25-16-10-8-15(9-11-16)19-17(20(23)24)12-18(22)21(19)13-14-6-4-3-5-7-14/h3-11,17,19H,2,12-13H2,1H3,(H,23,24)/p-1/t17-,19+/m1/s1. The lowest BCUT2D eigenvalue weighted by Crippen LogP contribution is -2.36. The van der Waals surface area contributed by atoms with Crippen LogP contribution in [0.2, 0.25) is 0 Å². The maximum absolute atomic E-state index is 12.5. The van der Waals surface area contributed by atoms with Crippen LogP contribution >= 0.6 is 0 Å². The topological polar surface area (TPSA) is 69.7 Å². The molecule has 0 aromatic heterocycles. The molecule has 2 aromatic rings. The lowest BCUT2D eigenvalue weighted by molar-refractivity contribution is -0.312. The first-order chi connectivity index (χ1) is 12.1. The molecule has 0 radical (unpaired) electrons. The third-order valence-corrected chi connectivity index (χ3v) is 4.46. The minimum Gasteiger partial charge on any atom is -0.550 e. The number of likely N-dealkylation sites (tertiary alicyclic amines) is 1. The van der Waals surface area contributed by atoms with Gasteiger partial charge in [0.05, 0.1) is 12.6 Å². The zero-order valence-corrected chi connectivity index (χ0v) is 14.1. The second-order valence-corrected chi connectivity index (χ2v) is 6.08. The Kier molecular flexibility index (Phi) is 5.03. The minimum absolute atomic E-state index is 0.0347. The van der Waals surface area contributed by atoms with E-state index in [0.717, 1.165) is 16.9 Å². The third-order valence-electron chi connectivity index (χ3n) is 4.46. The molecular weight excluding hydrogens is 318 g/mol. The fourth-order valence-corrected chi connectivity index (χ4v) is 3.31. The van der Waals surface area contributed by atoms with Crippen molar-refractivity contribution < 1.29 is 19.4 Å². The summed E-state index contributed by atoms with van der Waals surface area (Å²) in [5.41, 5.74) is 1.74. The fraction of sp³-hybridized carbons (Fsp3) is 0.300. The van der Waals surface area contributed by atoms with Gasteiger partial charge in [0.25, 0.3) is 0 Å². The van der Waals surface area contributed by atoms with Gasteiger partial charge >= 0.3 is 0 Å². The smallest absolute Gasteiger partial charge is 0.224 e. The van der Waals surface area contributed by atoms with Gasteiger partial charge in [-0.1, -0.05) is 42.5 Å². The van der Waals surface area contributed by atoms with Crippen molar-refractivity contribution in [1.29, 1.82) is 0 Å². The van der Waals surface area contributed by atoms with Gasteiger partial charge in [-0.25, -0.2) is 0 Å². The second kappa shape index (κ2) is 7.38. The summed E-state index contributed by atoms with van der Waals surface area (Å²) in [5.74, 6) is -1.50. The number of nitrogens with zero attached hydrogens (tertiary/aromatic N) is 1. The molecule has 0 spiro atoms. The Morgan fingerprint density at radius 2 is 1.84 bits per heavy atom. The van der Waals surface area contributed by atoms with Gasteiger partial charge in [0.1, 0.15) is 5.75 Å². The highest BCUT2D eigenvalue weighted by Gasteiger charge is 2.41. The van der Waals surface area contributed by atoms with E-state index in [2.05, 4.69) is 0 Å². The van der Waals surface area contributed by atoms with Crippen LogP contribution in [0.15, 0.2) is 54.6 Å². The quantitative estimate of drug-likeness (QED) is 0.807. The average molecular weight is 338 g/mol. The van der Waals surface area contributed by atoms with Crippen LogP contribution in [0.3, 0.4) is 0 Å². The summed E-state index contributed by atoms with van der Waals surface area (Å²) < 4.78 is 5.43. The molecule has 0 aliphatic carbocycles. The number of aliphatic carboxylic acids is 1. The van der Waals surface area contributed by atoms with Gasteiger partial charge in [-0.2, -0.15) is 0 Å². The molecule has 0 saturated carbocycles. The largest absolute Gasteiger partial charge is 0.550 e. The maximum Gasteiger partial charge on any atom is 0.224 e. The van der Waals surface area contributed by atoms with E-state index >= 15 is 0 Å². The summed E-state index contributed by atoms with van der Waals surface area (Å²) in [6.07, 6.45) is -0.0347. The van der Waals surface area contributed by atoms with E-state index in [9.17, 15) is 14.7 Å². The normalized spacial score (nSPS) is 19.9. The van der Waals surface area contributed by atoms with Gasteiger partial charge in [-0.3, -0.25) is 4.79 Å². The van der Waals surface area contributed by atoms with Gasteiger partial charge in [-0.05, 0) is 30.2 Å². The molecule has 3 rings (SSSR count). The highest BCUT2D eigenvalue weighted by Crippen LogP contribution is 2.39. The Balaban J connectivity index is 1.91. The maximum atomic E-state index is 12.5. The van der Waals surface area contributed by atoms with Crippen molar-refractivity contribution in [3.05, 3.63) is 65.7 Å². The number of benzene rings is 2. The zero-order chi connectivity index (χ0) is 17.8. The molecule has 5 nitrogen and oxygen atoms in total. The predicted molar refractivity (Wildman–Crippen MR) is 90.5 cm³/mol. The summed E-state index contributed by atoms with van der Waals surface area (Å²) in [4.78, 5) is 25.7. The first-order valence-corrected chi connectivity index (χ1v) is 8.37. The van der Waals surface area contributed by atoms with Crippen molar-refractivity contribution in [2.45, 2.75) is 25.9 Å². The number of rotatable bonds is 6. The molecule has 2 aromatic carbocycles. The van der Waals surface area contributed by atoms with Crippen molar-refractivity contribution >= 4 is 11.9 Å². The number of carbonyl (C=O) groups excluding carboxylic acids is 2. The molecule has 25 heavy (non-hydrogen) atoms. The van der Waals surface area contributed by atoms with Crippen molar-refractivity contribution in [1.82, 2.24) is 4.90 Å². The number of carbonyl (C=O) groups is 2. The molecule has 0 unspecified atom stereocenters. The molecule has 5 heteroatoms. The van der Waals surface area contributed by atoms with Crippen LogP contribution in [-0.2, 0) is 16.1 Å². The van der Waals surface area contributed by atoms with Crippen LogP contribution in [0, 0.1) is 5.92 Å². The number of carboxylic acids is 1. The Labute approximate surface area is 146 Å². The van der Waals surface area contributed by atoms with E-state index in [4.69, 9.17) is 4.74 Å². The fourth-order valence-electron chi connectivity index (χ4n) is 3.31. The number of hydrogen-bond donors (Lipinski definition) is 0.